The maximum atomic E-state index is 9.75. The predicted molar refractivity (Wildman–Crippen MR) is 64.9 cm³/mol. The molecule has 0 saturated carbocycles. The Labute approximate surface area is 98.5 Å². The number of fused-ring (bicyclic) bond motifs is 3. The van der Waals surface area contributed by atoms with E-state index in [2.05, 4.69) is 36.4 Å². The minimum atomic E-state index is -6.00. The average Bonchev–Trinajstić information content (AvgIpc) is 2.17. The highest BCUT2D eigenvalue weighted by Gasteiger charge is 2.20. The quantitative estimate of drug-likeness (QED) is 0.506. The molecule has 1 nitrogen and oxygen atoms in total. The van der Waals surface area contributed by atoms with E-state index >= 15 is 0 Å². The van der Waals surface area contributed by atoms with Crippen LogP contribution in [0.15, 0.2) is 36.4 Å². The summed E-state index contributed by atoms with van der Waals surface area (Å²) in [6, 6.07) is 12.7. The van der Waals surface area contributed by atoms with Gasteiger partial charge in [-0.3, -0.25) is 0 Å². The van der Waals surface area contributed by atoms with Crippen molar-refractivity contribution in [2.24, 2.45) is 0 Å². The van der Waals surface area contributed by atoms with Gasteiger partial charge >= 0.3 is 7.25 Å². The standard InChI is InChI=1S/C8H6.C3H9N.BF4/c1-2-8-5-3-7(1)4-6-8;1-4(2)3;2-1(3,4)5/h1-6H;1-3H3;/q;;-1. The van der Waals surface area contributed by atoms with E-state index < -0.39 is 7.25 Å². The third kappa shape index (κ3) is 12.6. The highest BCUT2D eigenvalue weighted by molar-refractivity contribution is 6.50. The molecular weight excluding hydrogens is 233 g/mol. The molecule has 0 amide bonds. The van der Waals surface area contributed by atoms with Gasteiger partial charge in [0.15, 0.2) is 0 Å². The fourth-order valence-corrected chi connectivity index (χ4v) is 0.911. The molecule has 0 atom stereocenters. The fourth-order valence-electron chi connectivity index (χ4n) is 0.911. The van der Waals surface area contributed by atoms with Crippen LogP contribution in [0.4, 0.5) is 17.3 Å². The van der Waals surface area contributed by atoms with Crippen molar-refractivity contribution in [2.45, 2.75) is 0 Å². The Morgan fingerprint density at radius 2 is 0.824 bits per heavy atom. The van der Waals surface area contributed by atoms with E-state index in [0.717, 1.165) is 0 Å². The molecular formula is C11H15BF4N-. The summed E-state index contributed by atoms with van der Waals surface area (Å²) in [4.78, 5) is 2.00. The molecule has 0 aromatic heterocycles. The minimum Gasteiger partial charge on any atom is -0.418 e. The van der Waals surface area contributed by atoms with Crippen molar-refractivity contribution in [3.8, 4) is 0 Å². The van der Waals surface area contributed by atoms with Gasteiger partial charge in [0.2, 0.25) is 0 Å². The van der Waals surface area contributed by atoms with Gasteiger partial charge in [-0.2, -0.15) is 0 Å². The lowest BCUT2D eigenvalue weighted by Crippen LogP contribution is -2.02. The summed E-state index contributed by atoms with van der Waals surface area (Å²) >= 11 is 0. The lowest BCUT2D eigenvalue weighted by Gasteiger charge is -1.94. The molecule has 17 heavy (non-hydrogen) atoms. The number of rotatable bonds is 0. The van der Waals surface area contributed by atoms with Crippen LogP contribution in [-0.2, 0) is 0 Å². The van der Waals surface area contributed by atoms with Crippen LogP contribution >= 0.6 is 0 Å². The molecule has 0 aliphatic rings. The zero-order valence-electron chi connectivity index (χ0n) is 10.0. The molecule has 3 aromatic carbocycles. The molecule has 2 bridgehead atoms. The molecule has 0 unspecified atom stereocenters. The summed E-state index contributed by atoms with van der Waals surface area (Å²) in [6.45, 7) is 0. The van der Waals surface area contributed by atoms with Crippen molar-refractivity contribution < 1.29 is 17.3 Å². The van der Waals surface area contributed by atoms with Crippen molar-refractivity contribution in [2.75, 3.05) is 21.1 Å². The molecule has 0 spiro atoms. The van der Waals surface area contributed by atoms with Crippen molar-refractivity contribution >= 4 is 18.0 Å². The molecule has 96 valence electrons. The molecule has 0 radical (unpaired) electrons. The minimum absolute atomic E-state index is 1.31. The van der Waals surface area contributed by atoms with E-state index in [1.807, 2.05) is 26.0 Å². The summed E-state index contributed by atoms with van der Waals surface area (Å²) in [6.07, 6.45) is 0. The highest BCUT2D eigenvalue weighted by atomic mass is 19.5. The van der Waals surface area contributed by atoms with Crippen molar-refractivity contribution in [3.63, 3.8) is 0 Å². The fraction of sp³-hybridized carbons (Fsp3) is 0.273. The van der Waals surface area contributed by atoms with Gasteiger partial charge in [0.05, 0.1) is 0 Å². The molecule has 0 N–H and O–H groups in total. The van der Waals surface area contributed by atoms with Crippen molar-refractivity contribution in [3.05, 3.63) is 36.4 Å². The lowest BCUT2D eigenvalue weighted by atomic mass is 10.1. The largest absolute Gasteiger partial charge is 0.673 e. The maximum absolute atomic E-state index is 9.75. The lowest BCUT2D eigenvalue weighted by molar-refractivity contribution is 0.368. The van der Waals surface area contributed by atoms with Crippen LogP contribution in [0.2, 0.25) is 0 Å². The van der Waals surface area contributed by atoms with E-state index in [4.69, 9.17) is 0 Å². The van der Waals surface area contributed by atoms with Crippen LogP contribution < -0.4 is 0 Å². The molecule has 0 saturated heterocycles. The molecule has 0 aliphatic carbocycles. The SMILES string of the molecule is CN(C)C.F[B-](F)(F)F.c1cc2ccc1cc2. The van der Waals surface area contributed by atoms with Crippen LogP contribution in [0.5, 0.6) is 0 Å². The maximum Gasteiger partial charge on any atom is 0.673 e. The first-order chi connectivity index (χ1) is 7.68. The van der Waals surface area contributed by atoms with Crippen molar-refractivity contribution in [1.29, 1.82) is 0 Å². The third-order valence-corrected chi connectivity index (χ3v) is 1.40. The zero-order chi connectivity index (χ0) is 13.5. The predicted octanol–water partition coefficient (Wildman–Crippen LogP) is 3.76. The zero-order valence-corrected chi connectivity index (χ0v) is 10.0. The molecule has 0 aliphatic heterocycles. The van der Waals surface area contributed by atoms with E-state index in [9.17, 15) is 17.3 Å². The number of hydrogen-bond donors (Lipinski definition) is 0. The molecule has 3 rings (SSSR count). The summed E-state index contributed by atoms with van der Waals surface area (Å²) in [5, 5.41) is 2.61. The van der Waals surface area contributed by atoms with Gasteiger partial charge in [0, 0.05) is 0 Å². The van der Waals surface area contributed by atoms with Gasteiger partial charge in [0.25, 0.3) is 0 Å². The summed E-state index contributed by atoms with van der Waals surface area (Å²) in [5.41, 5.74) is 0. The number of nitrogens with zero attached hydrogens (tertiary/aromatic N) is 1. The first kappa shape index (κ1) is 15.7. The Kier molecular flexibility index (Phi) is 6.57. The second kappa shape index (κ2) is 7.11. The Morgan fingerprint density at radius 3 is 0.882 bits per heavy atom. The Balaban J connectivity index is 0.000000250. The van der Waals surface area contributed by atoms with Crippen LogP contribution in [0.1, 0.15) is 0 Å². The van der Waals surface area contributed by atoms with Crippen LogP contribution in [-0.4, -0.2) is 33.3 Å². The van der Waals surface area contributed by atoms with Gasteiger partial charge in [-0.25, -0.2) is 0 Å². The van der Waals surface area contributed by atoms with Gasteiger partial charge in [-0.05, 0) is 31.9 Å². The number of hydrogen-bond acceptors (Lipinski definition) is 1. The summed E-state index contributed by atoms with van der Waals surface area (Å²) < 4.78 is 39.0. The van der Waals surface area contributed by atoms with Crippen LogP contribution in [0, 0.1) is 0 Å². The Morgan fingerprint density at radius 1 is 0.706 bits per heavy atom. The Bertz CT molecular complexity index is 316. The van der Waals surface area contributed by atoms with Crippen LogP contribution in [0.3, 0.4) is 0 Å². The summed E-state index contributed by atoms with van der Waals surface area (Å²) in [5.74, 6) is 0. The Hall–Kier alpha value is -1.30. The van der Waals surface area contributed by atoms with E-state index in [-0.39, 0.29) is 0 Å². The van der Waals surface area contributed by atoms with Crippen LogP contribution in [0.25, 0.3) is 10.8 Å². The topological polar surface area (TPSA) is 3.24 Å². The first-order valence-corrected chi connectivity index (χ1v) is 4.95. The molecule has 3 aromatic rings. The number of halogens is 4. The number of benzene rings is 3. The van der Waals surface area contributed by atoms with E-state index in [0.29, 0.717) is 0 Å². The van der Waals surface area contributed by atoms with Gasteiger partial charge in [-0.15, -0.1) is 0 Å². The normalized spacial score (nSPS) is 10.6. The summed E-state index contributed by atoms with van der Waals surface area (Å²) in [7, 11) is 0. The van der Waals surface area contributed by atoms with Crippen molar-refractivity contribution in [1.82, 2.24) is 4.90 Å². The van der Waals surface area contributed by atoms with E-state index in [1.165, 1.54) is 10.8 Å². The highest BCUT2D eigenvalue weighted by Crippen LogP contribution is 2.10. The monoisotopic (exact) mass is 248 g/mol. The smallest absolute Gasteiger partial charge is 0.418 e. The van der Waals surface area contributed by atoms with Gasteiger partial charge in [0.1, 0.15) is 0 Å². The molecule has 0 heterocycles. The third-order valence-electron chi connectivity index (χ3n) is 1.40. The molecule has 6 heteroatoms. The molecule has 0 fully saturated rings. The second-order valence-corrected chi connectivity index (χ2v) is 3.84. The van der Waals surface area contributed by atoms with Gasteiger partial charge < -0.3 is 22.2 Å². The second-order valence-electron chi connectivity index (χ2n) is 3.84. The van der Waals surface area contributed by atoms with Gasteiger partial charge in [-0.1, -0.05) is 36.4 Å². The van der Waals surface area contributed by atoms with E-state index in [1.54, 1.807) is 0 Å². The average molecular weight is 248 g/mol. The first-order valence-electron chi connectivity index (χ1n) is 4.95.